The number of aliphatic hydroxyl groups is 1. The van der Waals surface area contributed by atoms with Gasteiger partial charge in [0.25, 0.3) is 0 Å². The Labute approximate surface area is 255 Å². The largest absolute Gasteiger partial charge is 0.458 e. The number of nitrogens with zero attached hydrogens (tertiary/aromatic N) is 1. The van der Waals surface area contributed by atoms with Gasteiger partial charge in [-0.3, -0.25) is 14.4 Å². The molecule has 1 aromatic carbocycles. The second-order valence-electron chi connectivity index (χ2n) is 13.8. The van der Waals surface area contributed by atoms with Gasteiger partial charge >= 0.3 is 5.97 Å². The average Bonchev–Trinajstić information content (AvgIpc) is 3.32. The lowest BCUT2D eigenvalue weighted by molar-refractivity contribution is -0.150. The molecule has 1 heterocycles. The first-order valence-electron chi connectivity index (χ1n) is 16.3. The molecule has 1 aromatic rings. The number of carbonyl (C=O) groups is 3. The van der Waals surface area contributed by atoms with Crippen LogP contribution in [0.4, 0.5) is 5.69 Å². The van der Waals surface area contributed by atoms with Gasteiger partial charge in [0.15, 0.2) is 18.2 Å². The predicted octanol–water partition coefficient (Wildman–Crippen LogP) is 5.94. The number of esters is 1. The summed E-state index contributed by atoms with van der Waals surface area (Å²) in [7, 11) is 0. The molecule has 0 aromatic heterocycles. The second kappa shape index (κ2) is 11.7. The van der Waals surface area contributed by atoms with Gasteiger partial charge in [0.2, 0.25) is 0 Å². The van der Waals surface area contributed by atoms with Crippen LogP contribution in [0.15, 0.2) is 47.1 Å². The standard InChI is InChI=1S/C37H45NO5/c1-24-20-31-33-14-16-37(15-7-19-39,34(42)23-43-25(2)40)36(33,3)22-32(35(31)29-13-12-28(41)21-30(24)29)26-8-10-27(11-9-26)38-17-5-4-6-18-38/h8-11,21,24,31-33,39H,4-6,12-14,16-20,22-23H2,1-3H3/t24?,31-,32?,33-,36-,37+/m0/s1. The van der Waals surface area contributed by atoms with Crippen LogP contribution in [0.25, 0.3) is 0 Å². The summed E-state index contributed by atoms with van der Waals surface area (Å²) in [6.45, 7) is 7.38. The number of ketones is 2. The van der Waals surface area contributed by atoms with Gasteiger partial charge in [-0.05, 0) is 109 Å². The quantitative estimate of drug-likeness (QED) is 0.341. The van der Waals surface area contributed by atoms with Gasteiger partial charge in [0.05, 0.1) is 5.41 Å². The highest BCUT2D eigenvalue weighted by molar-refractivity contribution is 5.93. The second-order valence-corrected chi connectivity index (χ2v) is 13.8. The molecule has 5 aliphatic rings. The van der Waals surface area contributed by atoms with Crippen molar-refractivity contribution in [2.75, 3.05) is 31.2 Å². The number of aliphatic hydroxyl groups excluding tert-OH is 1. The monoisotopic (exact) mass is 583 g/mol. The Bertz CT molecular complexity index is 1420. The SMILES string of the molecule is CC(=O)OCC(=O)[C@@]1(C#CCO)CC[C@H]2[C@@H]3CC(C)C4=CC(=O)CCC4=C3C(c3ccc(N4CCCCC4)cc3)C[C@@]21C. The van der Waals surface area contributed by atoms with E-state index in [4.69, 9.17) is 4.74 Å². The van der Waals surface area contributed by atoms with Gasteiger partial charge in [0, 0.05) is 38.0 Å². The molecule has 1 aliphatic heterocycles. The number of allylic oxidation sites excluding steroid dienone is 4. The van der Waals surface area contributed by atoms with E-state index in [0.717, 1.165) is 38.8 Å². The first kappa shape index (κ1) is 29.9. The number of benzene rings is 1. The molecule has 1 saturated heterocycles. The maximum Gasteiger partial charge on any atom is 0.303 e. The van der Waals surface area contributed by atoms with E-state index in [-0.39, 0.29) is 48.5 Å². The molecule has 6 atom stereocenters. The molecule has 228 valence electrons. The number of rotatable bonds is 5. The van der Waals surface area contributed by atoms with E-state index in [1.165, 1.54) is 54.2 Å². The Morgan fingerprint density at radius 1 is 1.12 bits per heavy atom. The minimum Gasteiger partial charge on any atom is -0.458 e. The number of carbonyl (C=O) groups excluding carboxylic acids is 3. The van der Waals surface area contributed by atoms with E-state index in [1.54, 1.807) is 0 Å². The Balaban J connectivity index is 1.47. The first-order chi connectivity index (χ1) is 20.7. The van der Waals surface area contributed by atoms with Crippen LogP contribution in [-0.2, 0) is 19.1 Å². The Morgan fingerprint density at radius 3 is 2.56 bits per heavy atom. The number of fused-ring (bicyclic) bond motifs is 4. The average molecular weight is 584 g/mol. The third-order valence-electron chi connectivity index (χ3n) is 11.6. The predicted molar refractivity (Wildman–Crippen MR) is 166 cm³/mol. The van der Waals surface area contributed by atoms with Crippen LogP contribution in [0.5, 0.6) is 0 Å². The lowest BCUT2D eigenvalue weighted by Gasteiger charge is -2.55. The molecule has 0 radical (unpaired) electrons. The molecular formula is C37H45NO5. The van der Waals surface area contributed by atoms with Crippen molar-refractivity contribution in [2.45, 2.75) is 84.5 Å². The van der Waals surface area contributed by atoms with Crippen LogP contribution in [0.1, 0.15) is 90.0 Å². The smallest absolute Gasteiger partial charge is 0.303 e. The highest BCUT2D eigenvalue weighted by Crippen LogP contribution is 2.70. The molecule has 43 heavy (non-hydrogen) atoms. The number of ether oxygens (including phenoxy) is 1. The van der Waals surface area contributed by atoms with Crippen LogP contribution in [0, 0.1) is 40.4 Å². The minimum atomic E-state index is -1.00. The van der Waals surface area contributed by atoms with E-state index in [9.17, 15) is 19.5 Å². The van der Waals surface area contributed by atoms with Crippen molar-refractivity contribution >= 4 is 23.2 Å². The summed E-state index contributed by atoms with van der Waals surface area (Å²) >= 11 is 0. The summed E-state index contributed by atoms with van der Waals surface area (Å²) in [6, 6.07) is 9.10. The molecule has 0 amide bonds. The summed E-state index contributed by atoms with van der Waals surface area (Å²) in [5, 5.41) is 9.74. The molecular weight excluding hydrogens is 538 g/mol. The molecule has 6 rings (SSSR count). The van der Waals surface area contributed by atoms with Gasteiger partial charge in [0.1, 0.15) is 6.61 Å². The lowest BCUT2D eigenvalue weighted by Crippen LogP contribution is -2.52. The summed E-state index contributed by atoms with van der Waals surface area (Å²) in [6.07, 6.45) is 10.1. The Morgan fingerprint density at radius 2 is 1.86 bits per heavy atom. The fourth-order valence-corrected chi connectivity index (χ4v) is 9.56. The van der Waals surface area contributed by atoms with Crippen molar-refractivity contribution in [3.05, 3.63) is 52.6 Å². The maximum absolute atomic E-state index is 14.1. The van der Waals surface area contributed by atoms with Crippen molar-refractivity contribution in [3.8, 4) is 11.8 Å². The third kappa shape index (κ3) is 5.08. The molecule has 1 N–H and O–H groups in total. The van der Waals surface area contributed by atoms with Crippen molar-refractivity contribution < 1.29 is 24.2 Å². The van der Waals surface area contributed by atoms with Crippen LogP contribution in [-0.4, -0.2) is 48.9 Å². The fraction of sp³-hybridized carbons (Fsp3) is 0.595. The van der Waals surface area contributed by atoms with E-state index in [0.29, 0.717) is 12.8 Å². The normalized spacial score (nSPS) is 33.4. The van der Waals surface area contributed by atoms with E-state index in [2.05, 4.69) is 54.9 Å². The molecule has 4 aliphatic carbocycles. The lowest BCUT2D eigenvalue weighted by atomic mass is 9.47. The van der Waals surface area contributed by atoms with Crippen LogP contribution in [0.3, 0.4) is 0 Å². The number of Topliss-reactive ketones (excluding diaryl/α,β-unsaturated/α-hetero) is 1. The number of anilines is 1. The molecule has 2 unspecified atom stereocenters. The Hall–Kier alpha value is -3.17. The van der Waals surface area contributed by atoms with Gasteiger partial charge < -0.3 is 14.7 Å². The zero-order valence-corrected chi connectivity index (χ0v) is 25.9. The van der Waals surface area contributed by atoms with Crippen LogP contribution < -0.4 is 4.90 Å². The summed E-state index contributed by atoms with van der Waals surface area (Å²) < 4.78 is 5.26. The number of hydrogen-bond donors (Lipinski definition) is 1. The molecule has 0 bridgehead atoms. The van der Waals surface area contributed by atoms with Crippen LogP contribution >= 0.6 is 0 Å². The zero-order valence-electron chi connectivity index (χ0n) is 25.9. The van der Waals surface area contributed by atoms with Gasteiger partial charge in [-0.1, -0.05) is 43.4 Å². The van der Waals surface area contributed by atoms with E-state index < -0.39 is 16.8 Å². The third-order valence-corrected chi connectivity index (χ3v) is 11.6. The summed E-state index contributed by atoms with van der Waals surface area (Å²) in [5.74, 6) is 6.61. The number of piperidine rings is 1. The Kier molecular flexibility index (Phi) is 8.15. The van der Waals surface area contributed by atoms with Crippen molar-refractivity contribution in [1.29, 1.82) is 0 Å². The highest BCUT2D eigenvalue weighted by Gasteiger charge is 2.66. The van der Waals surface area contributed by atoms with Crippen molar-refractivity contribution in [2.24, 2.45) is 28.6 Å². The van der Waals surface area contributed by atoms with Crippen molar-refractivity contribution in [1.82, 2.24) is 0 Å². The molecule has 3 fully saturated rings. The molecule has 6 heteroatoms. The van der Waals surface area contributed by atoms with Crippen LogP contribution in [0.2, 0.25) is 0 Å². The highest BCUT2D eigenvalue weighted by atomic mass is 16.5. The summed E-state index contributed by atoms with van der Waals surface area (Å²) in [4.78, 5) is 40.8. The van der Waals surface area contributed by atoms with E-state index >= 15 is 0 Å². The van der Waals surface area contributed by atoms with Gasteiger partial charge in [-0.15, -0.1) is 0 Å². The molecule has 0 spiro atoms. The molecule has 2 saturated carbocycles. The molecule has 6 nitrogen and oxygen atoms in total. The maximum atomic E-state index is 14.1. The minimum absolute atomic E-state index is 0.0932. The van der Waals surface area contributed by atoms with Gasteiger partial charge in [-0.2, -0.15) is 0 Å². The first-order valence-corrected chi connectivity index (χ1v) is 16.3. The fourth-order valence-electron chi connectivity index (χ4n) is 9.56. The summed E-state index contributed by atoms with van der Waals surface area (Å²) in [5.41, 5.74) is 5.12. The van der Waals surface area contributed by atoms with E-state index in [1.807, 2.05) is 6.08 Å². The zero-order chi connectivity index (χ0) is 30.4. The number of hydrogen-bond acceptors (Lipinski definition) is 6. The van der Waals surface area contributed by atoms with Gasteiger partial charge in [-0.25, -0.2) is 0 Å². The van der Waals surface area contributed by atoms with Crippen molar-refractivity contribution in [3.63, 3.8) is 0 Å². The topological polar surface area (TPSA) is 83.9 Å².